The van der Waals surface area contributed by atoms with Gasteiger partial charge in [-0.05, 0) is 54.6 Å². The minimum atomic E-state index is -0.0263. The van der Waals surface area contributed by atoms with E-state index in [4.69, 9.17) is 16.6 Å². The van der Waals surface area contributed by atoms with Crippen LogP contribution in [0.4, 0.5) is 0 Å². The fourth-order valence-electron chi connectivity index (χ4n) is 3.17. The fraction of sp³-hybridized carbons (Fsp3) is 0.263. The highest BCUT2D eigenvalue weighted by molar-refractivity contribution is 7.10. The van der Waals surface area contributed by atoms with E-state index in [-0.39, 0.29) is 5.56 Å². The first-order chi connectivity index (χ1) is 12.1. The van der Waals surface area contributed by atoms with Gasteiger partial charge in [0.2, 0.25) is 0 Å². The van der Waals surface area contributed by atoms with Gasteiger partial charge in [0.1, 0.15) is 5.82 Å². The van der Waals surface area contributed by atoms with Crippen LogP contribution in [0.3, 0.4) is 0 Å². The summed E-state index contributed by atoms with van der Waals surface area (Å²) in [7, 11) is 0. The van der Waals surface area contributed by atoms with Gasteiger partial charge in [-0.1, -0.05) is 11.6 Å². The maximum atomic E-state index is 12.5. The summed E-state index contributed by atoms with van der Waals surface area (Å²) in [5.41, 5.74) is 3.85. The lowest BCUT2D eigenvalue weighted by Crippen LogP contribution is -2.34. The molecule has 0 fully saturated rings. The number of nitrogens with one attached hydrogen (secondary N) is 1. The van der Waals surface area contributed by atoms with Crippen molar-refractivity contribution >= 4 is 22.9 Å². The van der Waals surface area contributed by atoms with Crippen LogP contribution in [0.25, 0.3) is 11.4 Å². The predicted molar refractivity (Wildman–Crippen MR) is 102 cm³/mol. The van der Waals surface area contributed by atoms with Crippen LogP contribution in [0.5, 0.6) is 0 Å². The summed E-state index contributed by atoms with van der Waals surface area (Å²) in [6.45, 7) is 4.61. The quantitative estimate of drug-likeness (QED) is 0.756. The Morgan fingerprint density at radius 3 is 2.84 bits per heavy atom. The molecule has 0 saturated heterocycles. The van der Waals surface area contributed by atoms with Gasteiger partial charge in [-0.25, -0.2) is 4.98 Å². The second-order valence-corrected chi connectivity index (χ2v) is 7.83. The SMILES string of the molecule is Cc1csc(CN2CCc3c(nc(-c4ccc(Cl)cc4)[nH]c3=O)C2)c1. The summed E-state index contributed by atoms with van der Waals surface area (Å²) in [6.07, 6.45) is 0.739. The average Bonchev–Trinajstić information content (AvgIpc) is 3.00. The van der Waals surface area contributed by atoms with Crippen molar-refractivity contribution < 1.29 is 0 Å². The number of rotatable bonds is 3. The number of benzene rings is 1. The lowest BCUT2D eigenvalue weighted by Gasteiger charge is -2.27. The van der Waals surface area contributed by atoms with E-state index in [1.54, 1.807) is 11.3 Å². The van der Waals surface area contributed by atoms with Crippen LogP contribution in [0.1, 0.15) is 21.7 Å². The highest BCUT2D eigenvalue weighted by Crippen LogP contribution is 2.23. The number of thiophene rings is 1. The molecule has 3 heterocycles. The Labute approximate surface area is 155 Å². The molecule has 1 N–H and O–H groups in total. The van der Waals surface area contributed by atoms with Gasteiger partial charge < -0.3 is 4.98 Å². The highest BCUT2D eigenvalue weighted by Gasteiger charge is 2.21. The number of hydrogen-bond donors (Lipinski definition) is 1. The summed E-state index contributed by atoms with van der Waals surface area (Å²) in [4.78, 5) is 23.8. The van der Waals surface area contributed by atoms with Crippen LogP contribution in [0.2, 0.25) is 5.02 Å². The minimum Gasteiger partial charge on any atom is -0.306 e. The van der Waals surface area contributed by atoms with Crippen molar-refractivity contribution in [3.8, 4) is 11.4 Å². The van der Waals surface area contributed by atoms with E-state index >= 15 is 0 Å². The van der Waals surface area contributed by atoms with E-state index in [0.717, 1.165) is 36.3 Å². The molecule has 4 nitrogen and oxygen atoms in total. The van der Waals surface area contributed by atoms with Crippen molar-refractivity contribution in [2.45, 2.75) is 26.4 Å². The van der Waals surface area contributed by atoms with Gasteiger partial charge in [0, 0.05) is 40.7 Å². The molecule has 2 aromatic heterocycles. The standard InChI is InChI=1S/C19H18ClN3OS/c1-12-8-15(25-11-12)9-23-7-6-16-17(10-23)21-18(22-19(16)24)13-2-4-14(20)5-3-13/h2-5,8,11H,6-7,9-10H2,1H3,(H,21,22,24). The molecule has 0 aliphatic carbocycles. The summed E-state index contributed by atoms with van der Waals surface area (Å²) >= 11 is 7.73. The number of halogens is 1. The van der Waals surface area contributed by atoms with E-state index in [1.165, 1.54) is 10.4 Å². The van der Waals surface area contributed by atoms with Crippen molar-refractivity contribution in [3.63, 3.8) is 0 Å². The Morgan fingerprint density at radius 1 is 1.32 bits per heavy atom. The average molecular weight is 372 g/mol. The number of nitrogens with zero attached hydrogens (tertiary/aromatic N) is 2. The molecule has 6 heteroatoms. The zero-order valence-electron chi connectivity index (χ0n) is 13.9. The lowest BCUT2D eigenvalue weighted by atomic mass is 10.1. The van der Waals surface area contributed by atoms with Crippen LogP contribution in [0.15, 0.2) is 40.5 Å². The third-order valence-electron chi connectivity index (χ3n) is 4.43. The molecular weight excluding hydrogens is 354 g/mol. The largest absolute Gasteiger partial charge is 0.306 e. The second kappa shape index (κ2) is 6.75. The molecule has 3 aromatic rings. The molecule has 0 radical (unpaired) electrons. The molecule has 1 aliphatic heterocycles. The Kier molecular flexibility index (Phi) is 4.46. The van der Waals surface area contributed by atoms with E-state index in [1.807, 2.05) is 24.3 Å². The molecule has 0 saturated carbocycles. The van der Waals surface area contributed by atoms with Gasteiger partial charge in [0.25, 0.3) is 5.56 Å². The van der Waals surface area contributed by atoms with Gasteiger partial charge in [-0.3, -0.25) is 9.69 Å². The molecule has 128 valence electrons. The topological polar surface area (TPSA) is 49.0 Å². The predicted octanol–water partition coefficient (Wildman–Crippen LogP) is 4.02. The summed E-state index contributed by atoms with van der Waals surface area (Å²) in [6, 6.07) is 9.60. The molecule has 0 spiro atoms. The number of H-pyrrole nitrogens is 1. The van der Waals surface area contributed by atoms with Gasteiger partial charge in [-0.15, -0.1) is 11.3 Å². The van der Waals surface area contributed by atoms with Crippen LogP contribution in [0, 0.1) is 6.92 Å². The first-order valence-corrected chi connectivity index (χ1v) is 9.48. The van der Waals surface area contributed by atoms with Gasteiger partial charge >= 0.3 is 0 Å². The van der Waals surface area contributed by atoms with Crippen molar-refractivity contribution in [2.24, 2.45) is 0 Å². The smallest absolute Gasteiger partial charge is 0.254 e. The normalized spacial score (nSPS) is 14.5. The van der Waals surface area contributed by atoms with E-state index < -0.39 is 0 Å². The van der Waals surface area contributed by atoms with E-state index in [2.05, 4.69) is 28.3 Å². The van der Waals surface area contributed by atoms with Crippen molar-refractivity contribution in [2.75, 3.05) is 6.54 Å². The maximum Gasteiger partial charge on any atom is 0.254 e. The molecule has 0 bridgehead atoms. The zero-order chi connectivity index (χ0) is 17.4. The molecular formula is C19H18ClN3OS. The Balaban J connectivity index is 1.62. The molecule has 0 unspecified atom stereocenters. The summed E-state index contributed by atoms with van der Waals surface area (Å²) in [5, 5.41) is 2.84. The number of fused-ring (bicyclic) bond motifs is 1. The number of aryl methyl sites for hydroxylation is 1. The molecule has 1 aromatic carbocycles. The van der Waals surface area contributed by atoms with Gasteiger partial charge in [0.15, 0.2) is 0 Å². The molecule has 0 amide bonds. The van der Waals surface area contributed by atoms with Crippen molar-refractivity contribution in [1.29, 1.82) is 0 Å². The van der Waals surface area contributed by atoms with Crippen molar-refractivity contribution in [1.82, 2.24) is 14.9 Å². The van der Waals surface area contributed by atoms with E-state index in [9.17, 15) is 4.79 Å². The van der Waals surface area contributed by atoms with Gasteiger partial charge in [-0.2, -0.15) is 0 Å². The molecule has 1 aliphatic rings. The molecule has 0 atom stereocenters. The van der Waals surface area contributed by atoms with Crippen molar-refractivity contribution in [3.05, 3.63) is 72.8 Å². The fourth-order valence-corrected chi connectivity index (χ4v) is 4.21. The van der Waals surface area contributed by atoms with E-state index in [0.29, 0.717) is 17.4 Å². The summed E-state index contributed by atoms with van der Waals surface area (Å²) < 4.78 is 0. The second-order valence-electron chi connectivity index (χ2n) is 6.40. The summed E-state index contributed by atoms with van der Waals surface area (Å²) in [5.74, 6) is 0.606. The minimum absolute atomic E-state index is 0.0263. The monoisotopic (exact) mass is 371 g/mol. The van der Waals surface area contributed by atoms with Crippen LogP contribution < -0.4 is 5.56 Å². The molecule has 4 rings (SSSR count). The first kappa shape index (κ1) is 16.5. The maximum absolute atomic E-state index is 12.5. The third-order valence-corrected chi connectivity index (χ3v) is 5.73. The lowest BCUT2D eigenvalue weighted by molar-refractivity contribution is 0.242. The van der Waals surface area contributed by atoms with Crippen LogP contribution in [-0.2, 0) is 19.5 Å². The van der Waals surface area contributed by atoms with Crippen LogP contribution >= 0.6 is 22.9 Å². The Hall–Kier alpha value is -1.95. The number of hydrogen-bond acceptors (Lipinski definition) is 4. The Morgan fingerprint density at radius 2 is 2.12 bits per heavy atom. The highest BCUT2D eigenvalue weighted by atomic mass is 35.5. The van der Waals surface area contributed by atoms with Crippen LogP contribution in [-0.4, -0.2) is 21.4 Å². The third kappa shape index (κ3) is 3.54. The first-order valence-electron chi connectivity index (χ1n) is 8.23. The number of aromatic nitrogens is 2. The van der Waals surface area contributed by atoms with Gasteiger partial charge in [0.05, 0.1) is 5.69 Å². The Bertz CT molecular complexity index is 962. The molecule has 25 heavy (non-hydrogen) atoms. The number of aromatic amines is 1. The zero-order valence-corrected chi connectivity index (χ0v) is 15.5.